The van der Waals surface area contributed by atoms with Gasteiger partial charge in [-0.1, -0.05) is 13.8 Å². The van der Waals surface area contributed by atoms with Gasteiger partial charge in [0, 0.05) is 32.0 Å². The Labute approximate surface area is 121 Å². The van der Waals surface area contributed by atoms with E-state index in [1.807, 2.05) is 20.8 Å². The fourth-order valence-electron chi connectivity index (χ4n) is 3.22. The van der Waals surface area contributed by atoms with Crippen molar-refractivity contribution in [3.05, 3.63) is 0 Å². The summed E-state index contributed by atoms with van der Waals surface area (Å²) in [6.45, 7) is 7.71. The summed E-state index contributed by atoms with van der Waals surface area (Å²) in [7, 11) is -3.10. The molecule has 2 heterocycles. The van der Waals surface area contributed by atoms with Crippen molar-refractivity contribution in [2.45, 2.75) is 38.4 Å². The van der Waals surface area contributed by atoms with E-state index < -0.39 is 14.6 Å². The van der Waals surface area contributed by atoms with Crippen molar-refractivity contribution in [2.75, 3.05) is 32.1 Å². The molecular weight excluding hydrogens is 278 g/mol. The van der Waals surface area contributed by atoms with Gasteiger partial charge in [0.15, 0.2) is 9.84 Å². The highest BCUT2D eigenvalue weighted by Crippen LogP contribution is 2.45. The summed E-state index contributed by atoms with van der Waals surface area (Å²) < 4.78 is 29.4. The van der Waals surface area contributed by atoms with Crippen LogP contribution in [0.5, 0.6) is 0 Å². The molecule has 2 rings (SSSR count). The molecule has 0 N–H and O–H groups in total. The quantitative estimate of drug-likeness (QED) is 0.762. The van der Waals surface area contributed by atoms with E-state index in [2.05, 4.69) is 0 Å². The second-order valence-corrected chi connectivity index (χ2v) is 8.83. The summed E-state index contributed by atoms with van der Waals surface area (Å²) >= 11 is 0. The maximum absolute atomic E-state index is 12.3. The monoisotopic (exact) mass is 303 g/mol. The van der Waals surface area contributed by atoms with Crippen LogP contribution in [0.2, 0.25) is 0 Å². The molecule has 116 valence electrons. The minimum Gasteiger partial charge on any atom is -0.381 e. The van der Waals surface area contributed by atoms with E-state index in [-0.39, 0.29) is 17.6 Å². The van der Waals surface area contributed by atoms with Crippen molar-refractivity contribution >= 4 is 15.7 Å². The normalized spacial score (nSPS) is 27.0. The molecule has 5 nitrogen and oxygen atoms in total. The van der Waals surface area contributed by atoms with Crippen LogP contribution in [0.1, 0.15) is 33.6 Å². The van der Waals surface area contributed by atoms with E-state index in [0.717, 1.165) is 0 Å². The molecule has 1 amide bonds. The number of carbonyl (C=O) groups is 1. The Hall–Kier alpha value is -0.620. The summed E-state index contributed by atoms with van der Waals surface area (Å²) in [4.78, 5) is 13.7. The van der Waals surface area contributed by atoms with E-state index in [1.54, 1.807) is 4.90 Å². The van der Waals surface area contributed by atoms with Crippen molar-refractivity contribution in [1.29, 1.82) is 0 Å². The predicted molar refractivity (Wildman–Crippen MR) is 77.2 cm³/mol. The van der Waals surface area contributed by atoms with Crippen LogP contribution in [0.25, 0.3) is 0 Å². The van der Waals surface area contributed by atoms with Crippen molar-refractivity contribution in [2.24, 2.45) is 11.8 Å². The topological polar surface area (TPSA) is 63.7 Å². The Balaban J connectivity index is 2.04. The lowest BCUT2D eigenvalue weighted by Crippen LogP contribution is -2.68. The predicted octanol–water partition coefficient (Wildman–Crippen LogP) is 1.08. The molecule has 1 spiro atoms. The second-order valence-electron chi connectivity index (χ2n) is 6.38. The molecule has 0 radical (unpaired) electrons. The van der Waals surface area contributed by atoms with E-state index in [4.69, 9.17) is 4.74 Å². The van der Waals surface area contributed by atoms with Gasteiger partial charge in [-0.2, -0.15) is 0 Å². The maximum atomic E-state index is 12.3. The Morgan fingerprint density at radius 1 is 1.40 bits per heavy atom. The highest BCUT2D eigenvalue weighted by molar-refractivity contribution is 7.93. The molecule has 0 aliphatic carbocycles. The fourth-order valence-corrected chi connectivity index (χ4v) is 5.62. The Morgan fingerprint density at radius 2 is 2.05 bits per heavy atom. The number of ether oxygens (including phenoxy) is 1. The third kappa shape index (κ3) is 2.60. The molecule has 2 aliphatic rings. The number of rotatable bonds is 5. The summed E-state index contributed by atoms with van der Waals surface area (Å²) in [5.74, 6) is 0.647. The van der Waals surface area contributed by atoms with Crippen LogP contribution in [0, 0.1) is 11.8 Å². The molecule has 2 aliphatic heterocycles. The molecule has 1 atom stereocenters. The Bertz CT molecular complexity index is 466. The zero-order valence-electron chi connectivity index (χ0n) is 12.6. The lowest BCUT2D eigenvalue weighted by molar-refractivity contribution is -0.138. The summed E-state index contributed by atoms with van der Waals surface area (Å²) in [5, 5.41) is 0. The molecule has 0 aromatic carbocycles. The second kappa shape index (κ2) is 5.64. The van der Waals surface area contributed by atoms with Crippen LogP contribution in [-0.2, 0) is 19.4 Å². The SMILES string of the molecule is CCOC[C@@H]1CCS(=O)(=O)C12CN(C(=O)CC(C)C)C2. The van der Waals surface area contributed by atoms with Crippen LogP contribution < -0.4 is 0 Å². The number of likely N-dealkylation sites (tertiary alicyclic amines) is 1. The molecule has 0 unspecified atom stereocenters. The standard InChI is InChI=1S/C14H25NO4S/c1-4-19-8-12-5-6-20(17,18)14(12)9-15(10-14)13(16)7-11(2)3/h11-12H,4-10H2,1-3H3/t12-/m0/s1. The third-order valence-corrected chi connectivity index (χ3v) is 7.08. The minimum atomic E-state index is -3.10. The van der Waals surface area contributed by atoms with E-state index in [0.29, 0.717) is 45.1 Å². The molecule has 0 aromatic heterocycles. The first kappa shape index (κ1) is 15.8. The Kier molecular flexibility index (Phi) is 4.44. The van der Waals surface area contributed by atoms with Gasteiger partial charge in [0.05, 0.1) is 12.4 Å². The number of hydrogen-bond acceptors (Lipinski definition) is 4. The van der Waals surface area contributed by atoms with Crippen LogP contribution in [0.15, 0.2) is 0 Å². The van der Waals surface area contributed by atoms with Gasteiger partial charge in [-0.15, -0.1) is 0 Å². The summed E-state index contributed by atoms with van der Waals surface area (Å²) in [6.07, 6.45) is 1.15. The van der Waals surface area contributed by atoms with Crippen molar-refractivity contribution in [1.82, 2.24) is 4.90 Å². The molecular formula is C14H25NO4S. The first-order chi connectivity index (χ1) is 9.32. The molecule has 2 saturated heterocycles. The van der Waals surface area contributed by atoms with Gasteiger partial charge in [-0.3, -0.25) is 4.79 Å². The number of carbonyl (C=O) groups excluding carboxylic acids is 1. The summed E-state index contributed by atoms with van der Waals surface area (Å²) in [5.41, 5.74) is 0. The van der Waals surface area contributed by atoms with Crippen molar-refractivity contribution in [3.8, 4) is 0 Å². The van der Waals surface area contributed by atoms with Gasteiger partial charge in [0.25, 0.3) is 0 Å². The van der Waals surface area contributed by atoms with Crippen LogP contribution in [0.3, 0.4) is 0 Å². The first-order valence-electron chi connectivity index (χ1n) is 7.40. The van der Waals surface area contributed by atoms with Crippen LogP contribution in [-0.4, -0.2) is 56.0 Å². The maximum Gasteiger partial charge on any atom is 0.222 e. The van der Waals surface area contributed by atoms with Gasteiger partial charge in [-0.25, -0.2) is 8.42 Å². The average Bonchev–Trinajstić information content (AvgIpc) is 2.54. The zero-order chi connectivity index (χ0) is 15.0. The van der Waals surface area contributed by atoms with Gasteiger partial charge >= 0.3 is 0 Å². The molecule has 6 heteroatoms. The van der Waals surface area contributed by atoms with Crippen molar-refractivity contribution < 1.29 is 17.9 Å². The molecule has 0 aromatic rings. The average molecular weight is 303 g/mol. The minimum absolute atomic E-state index is 0.0375. The highest BCUT2D eigenvalue weighted by Gasteiger charge is 2.62. The van der Waals surface area contributed by atoms with Gasteiger partial charge in [0.1, 0.15) is 4.75 Å². The molecule has 0 saturated carbocycles. The molecule has 2 fully saturated rings. The lowest BCUT2D eigenvalue weighted by atomic mass is 9.83. The first-order valence-corrected chi connectivity index (χ1v) is 9.05. The Morgan fingerprint density at radius 3 is 2.60 bits per heavy atom. The smallest absolute Gasteiger partial charge is 0.222 e. The van der Waals surface area contributed by atoms with E-state index >= 15 is 0 Å². The van der Waals surface area contributed by atoms with Crippen LogP contribution in [0.4, 0.5) is 0 Å². The third-order valence-electron chi connectivity index (χ3n) is 4.47. The lowest BCUT2D eigenvalue weighted by Gasteiger charge is -2.50. The number of hydrogen-bond donors (Lipinski definition) is 0. The van der Waals surface area contributed by atoms with Gasteiger partial charge in [0.2, 0.25) is 5.91 Å². The fraction of sp³-hybridized carbons (Fsp3) is 0.929. The summed E-state index contributed by atoms with van der Waals surface area (Å²) in [6, 6.07) is 0. The molecule has 0 bridgehead atoms. The highest BCUT2D eigenvalue weighted by atomic mass is 32.2. The number of nitrogens with zero attached hydrogens (tertiary/aromatic N) is 1. The van der Waals surface area contributed by atoms with E-state index in [9.17, 15) is 13.2 Å². The van der Waals surface area contributed by atoms with Crippen LogP contribution >= 0.6 is 0 Å². The number of sulfone groups is 1. The number of amides is 1. The largest absolute Gasteiger partial charge is 0.381 e. The van der Waals surface area contributed by atoms with Crippen molar-refractivity contribution in [3.63, 3.8) is 0 Å². The van der Waals surface area contributed by atoms with Gasteiger partial charge < -0.3 is 9.64 Å². The molecule has 20 heavy (non-hydrogen) atoms. The van der Waals surface area contributed by atoms with Gasteiger partial charge in [-0.05, 0) is 19.3 Å². The van der Waals surface area contributed by atoms with E-state index in [1.165, 1.54) is 0 Å². The zero-order valence-corrected chi connectivity index (χ0v) is 13.4.